The fourth-order valence-corrected chi connectivity index (χ4v) is 3.54. The first-order valence-electron chi connectivity index (χ1n) is 8.99. The Labute approximate surface area is 149 Å². The molecule has 0 bridgehead atoms. The summed E-state index contributed by atoms with van der Waals surface area (Å²) in [6, 6.07) is 12.0. The maximum Gasteiger partial charge on any atom is 0.226 e. The molecule has 1 N–H and O–H groups in total. The van der Waals surface area contributed by atoms with Crippen molar-refractivity contribution in [3.8, 4) is 0 Å². The van der Waals surface area contributed by atoms with Crippen LogP contribution in [0.5, 0.6) is 0 Å². The van der Waals surface area contributed by atoms with Crippen LogP contribution in [0.25, 0.3) is 0 Å². The van der Waals surface area contributed by atoms with Gasteiger partial charge >= 0.3 is 0 Å². The Balaban J connectivity index is 1.78. The molecule has 0 atom stereocenters. The second kappa shape index (κ2) is 7.79. The average molecular weight is 338 g/mol. The molecule has 0 saturated heterocycles. The molecule has 1 aromatic carbocycles. The first kappa shape index (κ1) is 17.6. The summed E-state index contributed by atoms with van der Waals surface area (Å²) in [6.45, 7) is 3.13. The fraction of sp³-hybridized carbons (Fsp3) is 0.429. The van der Waals surface area contributed by atoms with Crippen LogP contribution in [0, 0.1) is 6.92 Å². The number of aryl methyl sites for hydroxylation is 1. The summed E-state index contributed by atoms with van der Waals surface area (Å²) in [5.74, 6) is 0.0107. The van der Waals surface area contributed by atoms with Crippen LogP contribution in [0.15, 0.2) is 48.8 Å². The third-order valence-electron chi connectivity index (χ3n) is 5.09. The quantitative estimate of drug-likeness (QED) is 0.875. The minimum Gasteiger partial charge on any atom is -0.389 e. The number of rotatable bonds is 6. The molecule has 1 heterocycles. The molecule has 0 radical (unpaired) electrons. The van der Waals surface area contributed by atoms with Crippen molar-refractivity contribution < 1.29 is 9.90 Å². The van der Waals surface area contributed by atoms with Gasteiger partial charge in [-0.2, -0.15) is 0 Å². The molecule has 1 aliphatic carbocycles. The summed E-state index contributed by atoms with van der Waals surface area (Å²) >= 11 is 0. The van der Waals surface area contributed by atoms with Crippen molar-refractivity contribution >= 4 is 5.91 Å². The standard InChI is InChI=1S/C21H26N2O2/c1-17-7-2-3-9-19(17)16-23(15-18-8-6-12-22-14-18)20(24)13-21(25)10-4-5-11-21/h2-3,6-9,12,14,25H,4-5,10-11,13,15-16H2,1H3. The predicted molar refractivity (Wildman–Crippen MR) is 97.7 cm³/mol. The Kier molecular flexibility index (Phi) is 5.49. The predicted octanol–water partition coefficient (Wildman–Crippen LogP) is 3.61. The Morgan fingerprint density at radius 2 is 1.92 bits per heavy atom. The van der Waals surface area contributed by atoms with E-state index in [1.807, 2.05) is 29.2 Å². The van der Waals surface area contributed by atoms with E-state index in [0.29, 0.717) is 13.1 Å². The van der Waals surface area contributed by atoms with E-state index in [-0.39, 0.29) is 12.3 Å². The van der Waals surface area contributed by atoms with E-state index in [9.17, 15) is 9.90 Å². The van der Waals surface area contributed by atoms with Crippen molar-refractivity contribution in [2.45, 2.75) is 57.7 Å². The summed E-state index contributed by atoms with van der Waals surface area (Å²) in [5, 5.41) is 10.6. The molecule has 1 aromatic heterocycles. The second-order valence-corrected chi connectivity index (χ2v) is 7.15. The lowest BCUT2D eigenvalue weighted by atomic mass is 9.97. The van der Waals surface area contributed by atoms with Gasteiger partial charge in [0.05, 0.1) is 12.0 Å². The second-order valence-electron chi connectivity index (χ2n) is 7.15. The fourth-order valence-electron chi connectivity index (χ4n) is 3.54. The summed E-state index contributed by atoms with van der Waals surface area (Å²) < 4.78 is 0. The number of carbonyl (C=O) groups excluding carboxylic acids is 1. The molecule has 2 aromatic rings. The van der Waals surface area contributed by atoms with Crippen LogP contribution >= 0.6 is 0 Å². The molecule has 25 heavy (non-hydrogen) atoms. The minimum atomic E-state index is -0.823. The lowest BCUT2D eigenvalue weighted by Crippen LogP contribution is -2.37. The highest BCUT2D eigenvalue weighted by Crippen LogP contribution is 2.33. The summed E-state index contributed by atoms with van der Waals surface area (Å²) in [7, 11) is 0. The van der Waals surface area contributed by atoms with Gasteiger partial charge in [0.2, 0.25) is 5.91 Å². The zero-order chi connectivity index (χ0) is 17.7. The lowest BCUT2D eigenvalue weighted by Gasteiger charge is -2.28. The van der Waals surface area contributed by atoms with Gasteiger partial charge in [0.15, 0.2) is 0 Å². The molecule has 4 nitrogen and oxygen atoms in total. The summed E-state index contributed by atoms with van der Waals surface area (Å²) in [6.07, 6.45) is 7.20. The van der Waals surface area contributed by atoms with E-state index >= 15 is 0 Å². The molecule has 0 spiro atoms. The van der Waals surface area contributed by atoms with Crippen LogP contribution in [0.3, 0.4) is 0 Å². The van der Waals surface area contributed by atoms with Gasteiger partial charge in [0.25, 0.3) is 0 Å². The average Bonchev–Trinajstić information content (AvgIpc) is 3.03. The monoisotopic (exact) mass is 338 g/mol. The molecule has 0 aliphatic heterocycles. The summed E-state index contributed by atoms with van der Waals surface area (Å²) in [5.41, 5.74) is 2.49. The van der Waals surface area contributed by atoms with Crippen molar-refractivity contribution in [1.82, 2.24) is 9.88 Å². The molecular formula is C21H26N2O2. The molecular weight excluding hydrogens is 312 g/mol. The Bertz CT molecular complexity index is 709. The van der Waals surface area contributed by atoms with Crippen molar-refractivity contribution in [2.75, 3.05) is 0 Å². The number of aromatic nitrogens is 1. The molecule has 1 saturated carbocycles. The maximum atomic E-state index is 13.0. The van der Waals surface area contributed by atoms with Gasteiger partial charge in [-0.1, -0.05) is 43.2 Å². The number of hydrogen-bond donors (Lipinski definition) is 1. The third-order valence-corrected chi connectivity index (χ3v) is 5.09. The normalized spacial score (nSPS) is 15.9. The van der Waals surface area contributed by atoms with Crippen LogP contribution in [-0.4, -0.2) is 26.5 Å². The first-order chi connectivity index (χ1) is 12.1. The van der Waals surface area contributed by atoms with Crippen LogP contribution in [0.2, 0.25) is 0 Å². The number of amides is 1. The van der Waals surface area contributed by atoms with E-state index in [2.05, 4.69) is 24.0 Å². The number of nitrogens with zero attached hydrogens (tertiary/aromatic N) is 2. The third kappa shape index (κ3) is 4.67. The van der Waals surface area contributed by atoms with Crippen LogP contribution in [0.4, 0.5) is 0 Å². The smallest absolute Gasteiger partial charge is 0.226 e. The minimum absolute atomic E-state index is 0.0107. The van der Waals surface area contributed by atoms with Gasteiger partial charge in [-0.15, -0.1) is 0 Å². The number of hydrogen-bond acceptors (Lipinski definition) is 3. The molecule has 1 amide bonds. The molecule has 132 valence electrons. The van der Waals surface area contributed by atoms with Crippen molar-refractivity contribution in [2.24, 2.45) is 0 Å². The van der Waals surface area contributed by atoms with Crippen LogP contribution in [-0.2, 0) is 17.9 Å². The van der Waals surface area contributed by atoms with Gasteiger partial charge in [-0.05, 0) is 42.5 Å². The zero-order valence-electron chi connectivity index (χ0n) is 14.8. The van der Waals surface area contributed by atoms with Gasteiger partial charge in [-0.3, -0.25) is 9.78 Å². The number of benzene rings is 1. The van der Waals surface area contributed by atoms with Gasteiger partial charge < -0.3 is 10.0 Å². The maximum absolute atomic E-state index is 13.0. The topological polar surface area (TPSA) is 53.4 Å². The van der Waals surface area contributed by atoms with E-state index in [1.54, 1.807) is 12.4 Å². The zero-order valence-corrected chi connectivity index (χ0v) is 14.8. The van der Waals surface area contributed by atoms with Crippen molar-refractivity contribution in [3.63, 3.8) is 0 Å². The van der Waals surface area contributed by atoms with Gasteiger partial charge in [0, 0.05) is 25.5 Å². The molecule has 4 heteroatoms. The Morgan fingerprint density at radius 3 is 2.60 bits per heavy atom. The lowest BCUT2D eigenvalue weighted by molar-refractivity contribution is -0.137. The van der Waals surface area contributed by atoms with E-state index in [0.717, 1.165) is 36.8 Å². The highest BCUT2D eigenvalue weighted by atomic mass is 16.3. The van der Waals surface area contributed by atoms with Crippen molar-refractivity contribution in [3.05, 3.63) is 65.5 Å². The molecule has 0 unspecified atom stereocenters. The highest BCUT2D eigenvalue weighted by Gasteiger charge is 2.35. The SMILES string of the molecule is Cc1ccccc1CN(Cc1cccnc1)C(=O)CC1(O)CCCC1. The van der Waals surface area contributed by atoms with Gasteiger partial charge in [-0.25, -0.2) is 0 Å². The first-order valence-corrected chi connectivity index (χ1v) is 8.99. The Hall–Kier alpha value is -2.20. The number of pyridine rings is 1. The van der Waals surface area contributed by atoms with E-state index < -0.39 is 5.60 Å². The van der Waals surface area contributed by atoms with Gasteiger partial charge in [0.1, 0.15) is 0 Å². The summed E-state index contributed by atoms with van der Waals surface area (Å²) in [4.78, 5) is 19.0. The van der Waals surface area contributed by atoms with Crippen molar-refractivity contribution in [1.29, 1.82) is 0 Å². The molecule has 1 aliphatic rings. The molecule has 1 fully saturated rings. The number of aliphatic hydroxyl groups is 1. The number of carbonyl (C=O) groups is 1. The van der Waals surface area contributed by atoms with Crippen LogP contribution < -0.4 is 0 Å². The Morgan fingerprint density at radius 1 is 1.16 bits per heavy atom. The van der Waals surface area contributed by atoms with Crippen LogP contribution in [0.1, 0.15) is 48.8 Å². The molecule has 3 rings (SSSR count). The van der Waals surface area contributed by atoms with E-state index in [1.165, 1.54) is 5.56 Å². The highest BCUT2D eigenvalue weighted by molar-refractivity contribution is 5.77. The van der Waals surface area contributed by atoms with E-state index in [4.69, 9.17) is 0 Å². The largest absolute Gasteiger partial charge is 0.389 e.